The molecule has 1 heterocycles. The van der Waals surface area contributed by atoms with Crippen LogP contribution < -0.4 is 5.43 Å². The summed E-state index contributed by atoms with van der Waals surface area (Å²) in [6.45, 7) is 0.343. The van der Waals surface area contributed by atoms with E-state index in [1.165, 1.54) is 18.4 Å². The third-order valence-corrected chi connectivity index (χ3v) is 1.04. The zero-order valence-corrected chi connectivity index (χ0v) is 5.66. The molecule has 0 bridgehead atoms. The Bertz CT molecular complexity index is 251. The SMILES string of the molecule is COCc1cc(=O)cco1. The van der Waals surface area contributed by atoms with E-state index in [0.29, 0.717) is 12.4 Å². The molecule has 0 amide bonds. The predicted octanol–water partition coefficient (Wildman–Crippen LogP) is 0.786. The van der Waals surface area contributed by atoms with Crippen molar-refractivity contribution in [3.05, 3.63) is 34.4 Å². The lowest BCUT2D eigenvalue weighted by molar-refractivity contribution is 0.162. The summed E-state index contributed by atoms with van der Waals surface area (Å²) in [5.41, 5.74) is -0.0571. The van der Waals surface area contributed by atoms with Crippen LogP contribution in [0, 0.1) is 0 Å². The first-order valence-corrected chi connectivity index (χ1v) is 2.89. The number of methoxy groups -OCH3 is 1. The van der Waals surface area contributed by atoms with Crippen molar-refractivity contribution in [2.45, 2.75) is 6.61 Å². The molecular weight excluding hydrogens is 132 g/mol. The minimum Gasteiger partial charge on any atom is -0.467 e. The standard InChI is InChI=1S/C7H8O3/c1-9-5-7-4-6(8)2-3-10-7/h2-4H,5H2,1H3. The van der Waals surface area contributed by atoms with Crippen LogP contribution in [0.1, 0.15) is 5.76 Å². The smallest absolute Gasteiger partial charge is 0.185 e. The molecule has 0 aliphatic carbocycles. The third kappa shape index (κ3) is 1.70. The molecular formula is C7H8O3. The lowest BCUT2D eigenvalue weighted by atomic mass is 10.4. The summed E-state index contributed by atoms with van der Waals surface area (Å²) < 4.78 is 9.67. The van der Waals surface area contributed by atoms with Crippen molar-refractivity contribution in [3.8, 4) is 0 Å². The van der Waals surface area contributed by atoms with Crippen LogP contribution >= 0.6 is 0 Å². The summed E-state index contributed by atoms with van der Waals surface area (Å²) >= 11 is 0. The molecule has 3 nitrogen and oxygen atoms in total. The minimum atomic E-state index is -0.0571. The number of ether oxygens (including phenoxy) is 1. The topological polar surface area (TPSA) is 39.4 Å². The fourth-order valence-electron chi connectivity index (χ4n) is 0.647. The molecule has 1 rings (SSSR count). The normalized spacial score (nSPS) is 9.70. The van der Waals surface area contributed by atoms with E-state index in [1.54, 1.807) is 7.11 Å². The Morgan fingerprint density at radius 3 is 3.10 bits per heavy atom. The quantitative estimate of drug-likeness (QED) is 0.609. The summed E-state index contributed by atoms with van der Waals surface area (Å²) in [6, 6.07) is 2.77. The number of hydrogen-bond donors (Lipinski definition) is 0. The molecule has 0 radical (unpaired) electrons. The Labute approximate surface area is 58.2 Å². The maximum atomic E-state index is 10.6. The van der Waals surface area contributed by atoms with Gasteiger partial charge in [0.15, 0.2) is 5.43 Å². The number of hydrogen-bond acceptors (Lipinski definition) is 3. The molecule has 1 aromatic heterocycles. The lowest BCUT2D eigenvalue weighted by Gasteiger charge is -1.94. The van der Waals surface area contributed by atoms with Crippen molar-refractivity contribution in [3.63, 3.8) is 0 Å². The van der Waals surface area contributed by atoms with E-state index in [1.807, 2.05) is 0 Å². The molecule has 0 saturated carbocycles. The van der Waals surface area contributed by atoms with Crippen molar-refractivity contribution in [1.82, 2.24) is 0 Å². The molecule has 10 heavy (non-hydrogen) atoms. The van der Waals surface area contributed by atoms with E-state index in [-0.39, 0.29) is 5.43 Å². The summed E-state index contributed by atoms with van der Waals surface area (Å²) in [5.74, 6) is 0.551. The van der Waals surface area contributed by atoms with Gasteiger partial charge in [0, 0.05) is 19.2 Å². The minimum absolute atomic E-state index is 0.0571. The number of rotatable bonds is 2. The molecule has 3 heteroatoms. The van der Waals surface area contributed by atoms with Crippen LogP contribution in [0.2, 0.25) is 0 Å². The Morgan fingerprint density at radius 2 is 2.50 bits per heavy atom. The van der Waals surface area contributed by atoms with Crippen molar-refractivity contribution >= 4 is 0 Å². The van der Waals surface area contributed by atoms with E-state index in [0.717, 1.165) is 0 Å². The maximum absolute atomic E-state index is 10.6. The lowest BCUT2D eigenvalue weighted by Crippen LogP contribution is -1.98. The van der Waals surface area contributed by atoms with Crippen molar-refractivity contribution in [2.24, 2.45) is 0 Å². The van der Waals surface area contributed by atoms with Gasteiger partial charge in [0.2, 0.25) is 0 Å². The summed E-state index contributed by atoms with van der Waals surface area (Å²) in [5, 5.41) is 0. The van der Waals surface area contributed by atoms with Crippen LogP contribution in [0.25, 0.3) is 0 Å². The van der Waals surface area contributed by atoms with Crippen LogP contribution in [0.4, 0.5) is 0 Å². The average molecular weight is 140 g/mol. The van der Waals surface area contributed by atoms with E-state index in [2.05, 4.69) is 0 Å². The first-order chi connectivity index (χ1) is 4.83. The van der Waals surface area contributed by atoms with E-state index >= 15 is 0 Å². The molecule has 0 saturated heterocycles. The first-order valence-electron chi connectivity index (χ1n) is 2.89. The van der Waals surface area contributed by atoms with Crippen molar-refractivity contribution in [2.75, 3.05) is 7.11 Å². The van der Waals surface area contributed by atoms with E-state index in [4.69, 9.17) is 9.15 Å². The van der Waals surface area contributed by atoms with E-state index < -0.39 is 0 Å². The van der Waals surface area contributed by atoms with Gasteiger partial charge < -0.3 is 9.15 Å². The van der Waals surface area contributed by atoms with Gasteiger partial charge in [-0.1, -0.05) is 0 Å². The Balaban J connectivity index is 2.85. The van der Waals surface area contributed by atoms with Gasteiger partial charge in [-0.25, -0.2) is 0 Å². The van der Waals surface area contributed by atoms with Gasteiger partial charge in [-0.05, 0) is 0 Å². The monoisotopic (exact) mass is 140 g/mol. The largest absolute Gasteiger partial charge is 0.467 e. The Kier molecular flexibility index (Phi) is 2.23. The summed E-state index contributed by atoms with van der Waals surface area (Å²) in [6.07, 6.45) is 1.36. The van der Waals surface area contributed by atoms with Gasteiger partial charge in [0.25, 0.3) is 0 Å². The van der Waals surface area contributed by atoms with Crippen LogP contribution in [-0.4, -0.2) is 7.11 Å². The highest BCUT2D eigenvalue weighted by molar-refractivity contribution is 4.98. The molecule has 0 aliphatic heterocycles. The Morgan fingerprint density at radius 1 is 1.70 bits per heavy atom. The highest BCUT2D eigenvalue weighted by atomic mass is 16.5. The zero-order valence-electron chi connectivity index (χ0n) is 5.66. The Hall–Kier alpha value is -1.09. The third-order valence-electron chi connectivity index (χ3n) is 1.04. The molecule has 0 aliphatic rings. The average Bonchev–Trinajstić information content (AvgIpc) is 1.88. The second-order valence-electron chi connectivity index (χ2n) is 1.87. The molecule has 54 valence electrons. The molecule has 1 aromatic rings. The summed E-state index contributed by atoms with van der Waals surface area (Å²) in [4.78, 5) is 10.6. The fraction of sp³-hybridized carbons (Fsp3) is 0.286. The molecule has 0 fully saturated rings. The van der Waals surface area contributed by atoms with Crippen molar-refractivity contribution < 1.29 is 9.15 Å². The molecule has 0 atom stereocenters. The second kappa shape index (κ2) is 3.17. The molecule has 0 aromatic carbocycles. The highest BCUT2D eigenvalue weighted by Crippen LogP contribution is 1.94. The van der Waals surface area contributed by atoms with Gasteiger partial charge in [-0.2, -0.15) is 0 Å². The molecule has 0 N–H and O–H groups in total. The maximum Gasteiger partial charge on any atom is 0.185 e. The van der Waals surface area contributed by atoms with Gasteiger partial charge >= 0.3 is 0 Å². The zero-order chi connectivity index (χ0) is 7.40. The van der Waals surface area contributed by atoms with Crippen LogP contribution in [0.5, 0.6) is 0 Å². The van der Waals surface area contributed by atoms with Gasteiger partial charge in [-0.3, -0.25) is 4.79 Å². The predicted molar refractivity (Wildman–Crippen MR) is 35.7 cm³/mol. The second-order valence-corrected chi connectivity index (χ2v) is 1.87. The van der Waals surface area contributed by atoms with Crippen molar-refractivity contribution in [1.29, 1.82) is 0 Å². The molecule has 0 spiro atoms. The van der Waals surface area contributed by atoms with Gasteiger partial charge in [-0.15, -0.1) is 0 Å². The van der Waals surface area contributed by atoms with Crippen LogP contribution in [-0.2, 0) is 11.3 Å². The summed E-state index contributed by atoms with van der Waals surface area (Å²) in [7, 11) is 1.55. The fourth-order valence-corrected chi connectivity index (χ4v) is 0.647. The highest BCUT2D eigenvalue weighted by Gasteiger charge is 1.92. The van der Waals surface area contributed by atoms with Gasteiger partial charge in [0.1, 0.15) is 12.4 Å². The molecule has 0 unspecified atom stereocenters. The van der Waals surface area contributed by atoms with Gasteiger partial charge in [0.05, 0.1) is 6.26 Å². The first kappa shape index (κ1) is 7.02. The van der Waals surface area contributed by atoms with Crippen LogP contribution in [0.15, 0.2) is 27.6 Å². The van der Waals surface area contributed by atoms with E-state index in [9.17, 15) is 4.79 Å². The van der Waals surface area contributed by atoms with Crippen LogP contribution in [0.3, 0.4) is 0 Å².